The Morgan fingerprint density at radius 3 is 2.58 bits per heavy atom. The molecule has 0 bridgehead atoms. The average Bonchev–Trinajstić information content (AvgIpc) is 2.98. The van der Waals surface area contributed by atoms with Gasteiger partial charge in [0.25, 0.3) is 11.5 Å². The topological polar surface area (TPSA) is 71.3 Å². The molecular formula is C16H21N5O2S. The molecule has 1 aliphatic heterocycles. The zero-order chi connectivity index (χ0) is 17.3. The molecule has 0 unspecified atom stereocenters. The maximum absolute atomic E-state index is 12.7. The third-order valence-corrected chi connectivity index (χ3v) is 5.51. The second-order valence-corrected chi connectivity index (χ2v) is 6.91. The van der Waals surface area contributed by atoms with Crippen molar-refractivity contribution in [3.8, 4) is 0 Å². The van der Waals surface area contributed by atoms with E-state index in [0.717, 1.165) is 27.7 Å². The van der Waals surface area contributed by atoms with Crippen LogP contribution in [0.1, 0.15) is 27.3 Å². The number of anilines is 1. The maximum Gasteiger partial charge on any atom is 0.268 e. The number of thiazole rings is 1. The molecule has 0 radical (unpaired) electrons. The van der Waals surface area contributed by atoms with Gasteiger partial charge in [-0.1, -0.05) is 6.92 Å². The lowest BCUT2D eigenvalue weighted by Gasteiger charge is -2.35. The molecule has 0 N–H and O–H groups in total. The normalized spacial score (nSPS) is 15.0. The molecule has 128 valence electrons. The predicted molar refractivity (Wildman–Crippen MR) is 93.8 cm³/mol. The van der Waals surface area contributed by atoms with Crippen LogP contribution >= 0.6 is 11.3 Å². The van der Waals surface area contributed by atoms with Crippen LogP contribution in [0.25, 0.3) is 0 Å². The Bertz CT molecular complexity index is 805. The zero-order valence-corrected chi connectivity index (χ0v) is 15.0. The fourth-order valence-electron chi connectivity index (χ4n) is 2.75. The van der Waals surface area contributed by atoms with Crippen molar-refractivity contribution < 1.29 is 4.79 Å². The minimum Gasteiger partial charge on any atom is -0.367 e. The first-order chi connectivity index (χ1) is 11.5. The highest BCUT2D eigenvalue weighted by atomic mass is 32.1. The number of amides is 1. The van der Waals surface area contributed by atoms with Gasteiger partial charge in [0.05, 0.1) is 22.6 Å². The first-order valence-electron chi connectivity index (χ1n) is 8.03. The molecule has 0 atom stereocenters. The number of aromatic nitrogens is 3. The molecule has 1 fully saturated rings. The van der Waals surface area contributed by atoms with Gasteiger partial charge in [-0.2, -0.15) is 5.10 Å². The number of hydrogen-bond donors (Lipinski definition) is 0. The van der Waals surface area contributed by atoms with E-state index >= 15 is 0 Å². The predicted octanol–water partition coefficient (Wildman–Crippen LogP) is 1.07. The Labute approximate surface area is 144 Å². The molecule has 8 heteroatoms. The summed E-state index contributed by atoms with van der Waals surface area (Å²) in [5, 5.41) is 5.06. The quantitative estimate of drug-likeness (QED) is 0.831. The second kappa shape index (κ2) is 6.72. The van der Waals surface area contributed by atoms with Crippen LogP contribution in [-0.4, -0.2) is 51.8 Å². The molecule has 0 spiro atoms. The van der Waals surface area contributed by atoms with Crippen LogP contribution in [0, 0.1) is 6.92 Å². The Morgan fingerprint density at radius 1 is 1.29 bits per heavy atom. The first kappa shape index (κ1) is 16.6. The van der Waals surface area contributed by atoms with Crippen LogP contribution in [0.5, 0.6) is 0 Å². The van der Waals surface area contributed by atoms with Crippen molar-refractivity contribution in [2.75, 3.05) is 31.1 Å². The van der Waals surface area contributed by atoms with Gasteiger partial charge in [0.15, 0.2) is 0 Å². The van der Waals surface area contributed by atoms with Gasteiger partial charge in [0.1, 0.15) is 4.88 Å². The maximum atomic E-state index is 12.7. The van der Waals surface area contributed by atoms with E-state index in [-0.39, 0.29) is 11.5 Å². The van der Waals surface area contributed by atoms with Crippen LogP contribution in [-0.2, 0) is 13.5 Å². The van der Waals surface area contributed by atoms with Crippen molar-refractivity contribution in [1.82, 2.24) is 19.7 Å². The van der Waals surface area contributed by atoms with Crippen LogP contribution in [0.4, 0.5) is 5.69 Å². The fourth-order valence-corrected chi connectivity index (χ4v) is 3.72. The van der Waals surface area contributed by atoms with E-state index in [1.165, 1.54) is 16.0 Å². The van der Waals surface area contributed by atoms with Crippen molar-refractivity contribution in [2.45, 2.75) is 20.3 Å². The summed E-state index contributed by atoms with van der Waals surface area (Å²) in [6, 6.07) is 1.59. The van der Waals surface area contributed by atoms with Crippen LogP contribution in [0.3, 0.4) is 0 Å². The summed E-state index contributed by atoms with van der Waals surface area (Å²) in [7, 11) is 1.63. The highest BCUT2D eigenvalue weighted by Gasteiger charge is 2.25. The molecule has 0 saturated carbocycles. The Hall–Kier alpha value is -2.22. The van der Waals surface area contributed by atoms with E-state index in [4.69, 9.17) is 0 Å². The molecule has 3 rings (SSSR count). The standard InChI is InChI=1S/C16H21N5O2S/c1-4-13-18-11(2)15(24-13)16(23)21-7-5-20(6-8-21)12-9-14(22)19(3)17-10-12/h9-10H,4-8H2,1-3H3. The van der Waals surface area contributed by atoms with E-state index in [0.29, 0.717) is 26.2 Å². The van der Waals surface area contributed by atoms with Crippen molar-refractivity contribution in [3.63, 3.8) is 0 Å². The summed E-state index contributed by atoms with van der Waals surface area (Å²) in [6.07, 6.45) is 2.54. The molecule has 2 aromatic heterocycles. The molecule has 0 aliphatic carbocycles. The summed E-state index contributed by atoms with van der Waals surface area (Å²) in [5.74, 6) is 0.0615. The van der Waals surface area contributed by atoms with E-state index < -0.39 is 0 Å². The van der Waals surface area contributed by atoms with Gasteiger partial charge >= 0.3 is 0 Å². The van der Waals surface area contributed by atoms with Crippen molar-refractivity contribution in [2.24, 2.45) is 7.05 Å². The third kappa shape index (κ3) is 3.19. The summed E-state index contributed by atoms with van der Waals surface area (Å²) in [4.78, 5) is 33.6. The molecule has 7 nitrogen and oxygen atoms in total. The van der Waals surface area contributed by atoms with Crippen LogP contribution in [0.2, 0.25) is 0 Å². The molecule has 1 aliphatic rings. The Kier molecular flexibility index (Phi) is 4.66. The molecular weight excluding hydrogens is 326 g/mol. The number of nitrogens with zero attached hydrogens (tertiary/aromatic N) is 5. The molecule has 1 saturated heterocycles. The van der Waals surface area contributed by atoms with E-state index in [2.05, 4.69) is 15.0 Å². The van der Waals surface area contributed by atoms with Gasteiger partial charge in [0, 0.05) is 39.3 Å². The molecule has 0 aromatic carbocycles. The monoisotopic (exact) mass is 347 g/mol. The second-order valence-electron chi connectivity index (χ2n) is 5.83. The lowest BCUT2D eigenvalue weighted by Crippen LogP contribution is -2.49. The van der Waals surface area contributed by atoms with E-state index in [1.54, 1.807) is 19.3 Å². The Morgan fingerprint density at radius 2 is 2.00 bits per heavy atom. The number of piperazine rings is 1. The lowest BCUT2D eigenvalue weighted by molar-refractivity contribution is 0.0750. The highest BCUT2D eigenvalue weighted by Crippen LogP contribution is 2.22. The van der Waals surface area contributed by atoms with Gasteiger partial charge in [-0.05, 0) is 13.3 Å². The molecule has 2 aromatic rings. The van der Waals surface area contributed by atoms with Gasteiger partial charge in [0.2, 0.25) is 0 Å². The molecule has 24 heavy (non-hydrogen) atoms. The summed E-state index contributed by atoms with van der Waals surface area (Å²) < 4.78 is 1.31. The van der Waals surface area contributed by atoms with Gasteiger partial charge in [-0.3, -0.25) is 9.59 Å². The van der Waals surface area contributed by atoms with Gasteiger partial charge in [-0.15, -0.1) is 11.3 Å². The fraction of sp³-hybridized carbons (Fsp3) is 0.500. The van der Waals surface area contributed by atoms with Gasteiger partial charge < -0.3 is 9.80 Å². The van der Waals surface area contributed by atoms with E-state index in [1.807, 2.05) is 18.7 Å². The van der Waals surface area contributed by atoms with Gasteiger partial charge in [-0.25, -0.2) is 9.67 Å². The number of carbonyl (C=O) groups is 1. The summed E-state index contributed by atoms with van der Waals surface area (Å²) in [5.41, 5.74) is 1.51. The number of aryl methyl sites for hydroxylation is 3. The molecule has 1 amide bonds. The SMILES string of the molecule is CCc1nc(C)c(C(=O)N2CCN(c3cnn(C)c(=O)c3)CC2)s1. The van der Waals surface area contributed by atoms with E-state index in [9.17, 15) is 9.59 Å². The van der Waals surface area contributed by atoms with Crippen molar-refractivity contribution >= 4 is 22.9 Å². The smallest absolute Gasteiger partial charge is 0.268 e. The van der Waals surface area contributed by atoms with Crippen LogP contribution < -0.4 is 10.5 Å². The summed E-state index contributed by atoms with van der Waals surface area (Å²) in [6.45, 7) is 6.59. The number of rotatable bonds is 3. The Balaban J connectivity index is 1.68. The van der Waals surface area contributed by atoms with Crippen molar-refractivity contribution in [1.29, 1.82) is 0 Å². The summed E-state index contributed by atoms with van der Waals surface area (Å²) >= 11 is 1.49. The first-order valence-corrected chi connectivity index (χ1v) is 8.85. The average molecular weight is 347 g/mol. The highest BCUT2D eigenvalue weighted by molar-refractivity contribution is 7.13. The minimum absolute atomic E-state index is 0.0615. The largest absolute Gasteiger partial charge is 0.367 e. The number of hydrogen-bond acceptors (Lipinski definition) is 6. The lowest BCUT2D eigenvalue weighted by atomic mass is 10.2. The van der Waals surface area contributed by atoms with Crippen molar-refractivity contribution in [3.05, 3.63) is 38.2 Å². The van der Waals surface area contributed by atoms with Crippen LogP contribution in [0.15, 0.2) is 17.1 Å². The number of carbonyl (C=O) groups excluding carboxylic acids is 1. The third-order valence-electron chi connectivity index (χ3n) is 4.22. The molecule has 3 heterocycles. The zero-order valence-electron chi connectivity index (χ0n) is 14.2. The minimum atomic E-state index is -0.126.